The Morgan fingerprint density at radius 3 is 2.50 bits per heavy atom. The Labute approximate surface area is 113 Å². The highest BCUT2D eigenvalue weighted by atomic mass is 32.2. The molecule has 0 aliphatic heterocycles. The molecule has 0 unspecified atom stereocenters. The minimum absolute atomic E-state index is 0.336. The molecule has 1 aromatic heterocycles. The van der Waals surface area contributed by atoms with Crippen LogP contribution in [0.25, 0.3) is 0 Å². The fraction of sp³-hybridized carbons (Fsp3) is 0.636. The van der Waals surface area contributed by atoms with Crippen molar-refractivity contribution in [3.63, 3.8) is 0 Å². The molecule has 1 aromatic rings. The van der Waals surface area contributed by atoms with Crippen molar-refractivity contribution >= 4 is 21.4 Å². The first-order valence-corrected chi connectivity index (χ1v) is 8.34. The van der Waals surface area contributed by atoms with E-state index in [4.69, 9.17) is 5.73 Å². The monoisotopic (exact) mass is 291 g/mol. The zero-order valence-corrected chi connectivity index (χ0v) is 12.5. The molecule has 104 valence electrons. The third-order valence-corrected chi connectivity index (χ3v) is 5.78. The number of nitrogens with zero attached hydrogens (tertiary/aromatic N) is 1. The maximum absolute atomic E-state index is 12.0. The first-order chi connectivity index (χ1) is 8.53. The maximum Gasteiger partial charge on any atom is 0.250 e. The Morgan fingerprint density at radius 2 is 2.00 bits per heavy atom. The summed E-state index contributed by atoms with van der Waals surface area (Å²) in [4.78, 5) is 3.04. The van der Waals surface area contributed by atoms with Crippen LogP contribution in [0.15, 0.2) is 16.3 Å². The van der Waals surface area contributed by atoms with Crippen LogP contribution in [0.3, 0.4) is 0 Å². The number of hydrogen-bond donors (Lipinski definition) is 2. The van der Waals surface area contributed by atoms with Gasteiger partial charge in [0.05, 0.1) is 0 Å². The molecule has 3 N–H and O–H groups in total. The number of likely N-dealkylation sites (N-methyl/N-ethyl adjacent to an activating group) is 1. The van der Waals surface area contributed by atoms with Gasteiger partial charge in [0.25, 0.3) is 0 Å². The van der Waals surface area contributed by atoms with Gasteiger partial charge in [-0.05, 0) is 25.2 Å². The van der Waals surface area contributed by atoms with E-state index in [0.717, 1.165) is 24.5 Å². The molecule has 0 atom stereocenters. The van der Waals surface area contributed by atoms with Gasteiger partial charge < -0.3 is 10.6 Å². The minimum Gasteiger partial charge on any atom is -0.326 e. The lowest BCUT2D eigenvalue weighted by Crippen LogP contribution is -2.34. The lowest BCUT2D eigenvalue weighted by molar-refractivity contribution is 0.309. The lowest BCUT2D eigenvalue weighted by Gasteiger charge is -2.17. The second kappa shape index (κ2) is 7.20. The van der Waals surface area contributed by atoms with Gasteiger partial charge in [-0.3, -0.25) is 0 Å². The Morgan fingerprint density at radius 1 is 1.33 bits per heavy atom. The van der Waals surface area contributed by atoms with Crippen molar-refractivity contribution in [2.45, 2.75) is 24.6 Å². The van der Waals surface area contributed by atoms with Gasteiger partial charge in [0.2, 0.25) is 10.0 Å². The Kier molecular flexibility index (Phi) is 6.24. The minimum atomic E-state index is -3.38. The molecule has 0 radical (unpaired) electrons. The zero-order chi connectivity index (χ0) is 13.6. The Hall–Kier alpha value is -0.470. The van der Waals surface area contributed by atoms with Crippen LogP contribution in [0.2, 0.25) is 0 Å². The summed E-state index contributed by atoms with van der Waals surface area (Å²) in [5.41, 5.74) is 5.47. The molecule has 0 saturated carbocycles. The molecule has 1 rings (SSSR count). The lowest BCUT2D eigenvalue weighted by atomic mass is 10.5. The first-order valence-electron chi connectivity index (χ1n) is 6.04. The molecule has 0 aliphatic rings. The van der Waals surface area contributed by atoms with E-state index >= 15 is 0 Å². The number of sulfonamides is 1. The number of nitrogens with two attached hydrogens (primary N) is 1. The smallest absolute Gasteiger partial charge is 0.250 e. The van der Waals surface area contributed by atoms with Crippen molar-refractivity contribution in [1.29, 1.82) is 0 Å². The third kappa shape index (κ3) is 4.33. The average Bonchev–Trinajstić information content (AvgIpc) is 2.84. The van der Waals surface area contributed by atoms with Crippen LogP contribution in [-0.4, -0.2) is 39.5 Å². The summed E-state index contributed by atoms with van der Waals surface area (Å²) in [6.45, 7) is 7.50. The van der Waals surface area contributed by atoms with Crippen LogP contribution in [0, 0.1) is 0 Å². The normalized spacial score (nSPS) is 12.2. The number of rotatable bonds is 8. The van der Waals surface area contributed by atoms with E-state index in [9.17, 15) is 8.42 Å². The van der Waals surface area contributed by atoms with E-state index in [1.165, 1.54) is 11.3 Å². The molecule has 0 fully saturated rings. The van der Waals surface area contributed by atoms with Crippen LogP contribution in [0.1, 0.15) is 18.7 Å². The predicted molar refractivity (Wildman–Crippen MR) is 75.2 cm³/mol. The van der Waals surface area contributed by atoms with Crippen LogP contribution in [0.5, 0.6) is 0 Å². The predicted octanol–water partition coefficient (Wildman–Crippen LogP) is 0.827. The molecule has 18 heavy (non-hydrogen) atoms. The fourth-order valence-corrected chi connectivity index (χ4v) is 3.86. The van der Waals surface area contributed by atoms with Gasteiger partial charge >= 0.3 is 0 Å². The van der Waals surface area contributed by atoms with Gasteiger partial charge in [0, 0.05) is 24.5 Å². The second-order valence-electron chi connectivity index (χ2n) is 3.85. The Balaban J connectivity index is 2.54. The van der Waals surface area contributed by atoms with E-state index in [2.05, 4.69) is 23.5 Å². The quantitative estimate of drug-likeness (QED) is 0.744. The van der Waals surface area contributed by atoms with Crippen molar-refractivity contribution in [2.24, 2.45) is 5.73 Å². The molecule has 1 heterocycles. The summed E-state index contributed by atoms with van der Waals surface area (Å²) in [7, 11) is -3.38. The first kappa shape index (κ1) is 15.6. The SMILES string of the molecule is CCN(CC)CCNS(=O)(=O)c1ccc(CN)s1. The standard InChI is InChI=1S/C11H21N3O2S2/c1-3-14(4-2)8-7-13-18(15,16)11-6-5-10(9-12)17-11/h5-6,13H,3-4,7-9,12H2,1-2H3. The topological polar surface area (TPSA) is 75.4 Å². The van der Waals surface area contributed by atoms with Gasteiger partial charge in [0.15, 0.2) is 0 Å². The molecule has 0 saturated heterocycles. The molecule has 0 amide bonds. The molecule has 5 nitrogen and oxygen atoms in total. The van der Waals surface area contributed by atoms with Crippen LogP contribution >= 0.6 is 11.3 Å². The second-order valence-corrected chi connectivity index (χ2v) is 7.01. The zero-order valence-electron chi connectivity index (χ0n) is 10.8. The molecule has 0 bridgehead atoms. The summed E-state index contributed by atoms with van der Waals surface area (Å²) in [6.07, 6.45) is 0. The van der Waals surface area contributed by atoms with Crippen LogP contribution in [-0.2, 0) is 16.6 Å². The fourth-order valence-electron chi connectivity index (χ4n) is 1.56. The average molecular weight is 291 g/mol. The van der Waals surface area contributed by atoms with Crippen LogP contribution < -0.4 is 10.5 Å². The number of hydrogen-bond acceptors (Lipinski definition) is 5. The van der Waals surface area contributed by atoms with Gasteiger partial charge in [0.1, 0.15) is 4.21 Å². The third-order valence-electron chi connectivity index (χ3n) is 2.72. The molecule has 0 aromatic carbocycles. The van der Waals surface area contributed by atoms with Crippen molar-refractivity contribution in [3.8, 4) is 0 Å². The highest BCUT2D eigenvalue weighted by Crippen LogP contribution is 2.20. The van der Waals surface area contributed by atoms with Crippen molar-refractivity contribution in [3.05, 3.63) is 17.0 Å². The largest absolute Gasteiger partial charge is 0.326 e. The summed E-state index contributed by atoms with van der Waals surface area (Å²) in [6, 6.07) is 3.36. The van der Waals surface area contributed by atoms with Crippen molar-refractivity contribution in [2.75, 3.05) is 26.2 Å². The van der Waals surface area contributed by atoms with E-state index < -0.39 is 10.0 Å². The van der Waals surface area contributed by atoms with Crippen LogP contribution in [0.4, 0.5) is 0 Å². The van der Waals surface area contributed by atoms with Gasteiger partial charge in [-0.2, -0.15) is 0 Å². The molecule has 7 heteroatoms. The highest BCUT2D eigenvalue weighted by Gasteiger charge is 2.16. The maximum atomic E-state index is 12.0. The Bertz CT molecular complexity index is 453. The van der Waals surface area contributed by atoms with E-state index in [1.807, 2.05) is 0 Å². The molecule has 0 aliphatic carbocycles. The van der Waals surface area contributed by atoms with E-state index in [0.29, 0.717) is 17.3 Å². The van der Waals surface area contributed by atoms with Crippen molar-refractivity contribution < 1.29 is 8.42 Å². The number of nitrogens with one attached hydrogen (secondary N) is 1. The summed E-state index contributed by atoms with van der Waals surface area (Å²) in [5.74, 6) is 0. The van der Waals surface area contributed by atoms with Gasteiger partial charge in [-0.25, -0.2) is 13.1 Å². The number of thiophene rings is 1. The molecule has 0 spiro atoms. The highest BCUT2D eigenvalue weighted by molar-refractivity contribution is 7.91. The molecular weight excluding hydrogens is 270 g/mol. The summed E-state index contributed by atoms with van der Waals surface area (Å²) in [5, 5.41) is 0. The van der Waals surface area contributed by atoms with E-state index in [-0.39, 0.29) is 0 Å². The molecular formula is C11H21N3O2S2. The van der Waals surface area contributed by atoms with E-state index in [1.54, 1.807) is 12.1 Å². The van der Waals surface area contributed by atoms with Crippen molar-refractivity contribution in [1.82, 2.24) is 9.62 Å². The van der Waals surface area contributed by atoms with Gasteiger partial charge in [-0.1, -0.05) is 13.8 Å². The van der Waals surface area contributed by atoms with Gasteiger partial charge in [-0.15, -0.1) is 11.3 Å². The summed E-state index contributed by atoms with van der Waals surface area (Å²) >= 11 is 1.22. The summed E-state index contributed by atoms with van der Waals surface area (Å²) < 4.78 is 26.9.